The molecule has 30 heavy (non-hydrogen) atoms. The molecule has 2 heterocycles. The third-order valence-corrected chi connectivity index (χ3v) is 6.10. The second kappa shape index (κ2) is 9.67. The van der Waals surface area contributed by atoms with Crippen molar-refractivity contribution in [1.29, 1.82) is 0 Å². The predicted molar refractivity (Wildman–Crippen MR) is 123 cm³/mol. The fourth-order valence-electron chi connectivity index (χ4n) is 3.17. The normalized spacial score (nSPS) is 11.8. The van der Waals surface area contributed by atoms with Gasteiger partial charge in [-0.05, 0) is 36.8 Å². The Balaban J connectivity index is 0.00000256. The monoisotopic (exact) mass is 421 g/mol. The first-order chi connectivity index (χ1) is 14.2. The summed E-state index contributed by atoms with van der Waals surface area (Å²) in [6, 6.07) is 21.8. The van der Waals surface area contributed by atoms with E-state index in [1.807, 2.05) is 66.7 Å². The van der Waals surface area contributed by atoms with Crippen LogP contribution in [-0.4, -0.2) is 31.7 Å². The molecule has 0 saturated heterocycles. The number of rotatable bonds is 7. The van der Waals surface area contributed by atoms with Crippen molar-refractivity contribution >= 4 is 16.4 Å². The highest BCUT2D eigenvalue weighted by atomic mass is 32.2. The number of hydrogen-bond acceptors (Lipinski definition) is 4. The zero-order valence-electron chi connectivity index (χ0n) is 16.5. The van der Waals surface area contributed by atoms with Crippen molar-refractivity contribution in [2.24, 2.45) is 0 Å². The van der Waals surface area contributed by atoms with Crippen molar-refractivity contribution in [1.82, 2.24) is 14.6 Å². The molecule has 2 aromatic carbocycles. The molecule has 0 fully saturated rings. The van der Waals surface area contributed by atoms with Crippen molar-refractivity contribution in [2.45, 2.75) is 32.2 Å². The Bertz CT molecular complexity index is 1140. The standard InChI is InChI=1S/C23H23N3O2S.CH4/c1-3-4-14-29(27)23-16-22-24-20(17-10-12-19(28-2)13-11-17)15-21(26(22)25-23)18-8-6-5-7-9-18;/h5-13,15-16H,3-4,14H2,1-2H3;1H4. The van der Waals surface area contributed by atoms with Gasteiger partial charge in [-0.25, -0.2) is 9.50 Å². The number of benzene rings is 2. The highest BCUT2D eigenvalue weighted by Gasteiger charge is 2.15. The Kier molecular flexibility index (Phi) is 7.00. The fraction of sp³-hybridized carbons (Fsp3) is 0.250. The molecule has 0 amide bonds. The third kappa shape index (κ3) is 4.44. The summed E-state index contributed by atoms with van der Waals surface area (Å²) in [7, 11) is 0.528. The first kappa shape index (κ1) is 21.7. The Morgan fingerprint density at radius 1 is 1.00 bits per heavy atom. The minimum atomic E-state index is -1.12. The van der Waals surface area contributed by atoms with E-state index in [4.69, 9.17) is 9.72 Å². The molecule has 1 atom stereocenters. The van der Waals surface area contributed by atoms with Gasteiger partial charge in [-0.3, -0.25) is 4.21 Å². The van der Waals surface area contributed by atoms with Crippen LogP contribution in [0, 0.1) is 0 Å². The molecule has 0 N–H and O–H groups in total. The molecule has 0 aliphatic carbocycles. The van der Waals surface area contributed by atoms with Gasteiger partial charge in [0.15, 0.2) is 10.7 Å². The molecule has 156 valence electrons. The first-order valence-corrected chi connectivity index (χ1v) is 11.0. The van der Waals surface area contributed by atoms with Gasteiger partial charge >= 0.3 is 0 Å². The molecule has 1 unspecified atom stereocenters. The third-order valence-electron chi connectivity index (χ3n) is 4.78. The smallest absolute Gasteiger partial charge is 0.157 e. The van der Waals surface area contributed by atoms with E-state index in [1.54, 1.807) is 11.6 Å². The van der Waals surface area contributed by atoms with E-state index in [1.165, 1.54) is 0 Å². The maximum atomic E-state index is 12.6. The average Bonchev–Trinajstić information content (AvgIpc) is 3.22. The molecule has 4 rings (SSSR count). The summed E-state index contributed by atoms with van der Waals surface area (Å²) in [6.07, 6.45) is 1.92. The maximum absolute atomic E-state index is 12.6. The summed E-state index contributed by atoms with van der Waals surface area (Å²) in [6.45, 7) is 2.09. The first-order valence-electron chi connectivity index (χ1n) is 9.68. The molecular weight excluding hydrogens is 394 g/mol. The lowest BCUT2D eigenvalue weighted by Crippen LogP contribution is -2.01. The Morgan fingerprint density at radius 2 is 1.73 bits per heavy atom. The van der Waals surface area contributed by atoms with Crippen LogP contribution in [0.1, 0.15) is 27.2 Å². The van der Waals surface area contributed by atoms with Crippen molar-refractivity contribution in [2.75, 3.05) is 12.9 Å². The summed E-state index contributed by atoms with van der Waals surface area (Å²) in [4.78, 5) is 4.80. The molecule has 0 spiro atoms. The highest BCUT2D eigenvalue weighted by molar-refractivity contribution is 7.84. The van der Waals surface area contributed by atoms with Crippen molar-refractivity contribution in [3.63, 3.8) is 0 Å². The second-order valence-electron chi connectivity index (χ2n) is 6.78. The number of ether oxygens (including phenoxy) is 1. The van der Waals surface area contributed by atoms with E-state index in [-0.39, 0.29) is 7.43 Å². The van der Waals surface area contributed by atoms with Gasteiger partial charge in [0.2, 0.25) is 0 Å². The van der Waals surface area contributed by atoms with Gasteiger partial charge in [0.05, 0.1) is 29.3 Å². The molecule has 5 nitrogen and oxygen atoms in total. The number of aromatic nitrogens is 3. The maximum Gasteiger partial charge on any atom is 0.157 e. The minimum absolute atomic E-state index is 0. The average molecular weight is 422 g/mol. The quantitative estimate of drug-likeness (QED) is 0.389. The van der Waals surface area contributed by atoms with Gasteiger partial charge in [0.1, 0.15) is 5.75 Å². The zero-order chi connectivity index (χ0) is 20.2. The lowest BCUT2D eigenvalue weighted by atomic mass is 10.1. The van der Waals surface area contributed by atoms with Crippen LogP contribution < -0.4 is 4.74 Å². The minimum Gasteiger partial charge on any atom is -0.497 e. The van der Waals surface area contributed by atoms with E-state index in [0.717, 1.165) is 41.1 Å². The molecule has 0 aliphatic heterocycles. The van der Waals surface area contributed by atoms with Gasteiger partial charge < -0.3 is 4.74 Å². The molecule has 0 aliphatic rings. The Labute approximate surface area is 180 Å². The van der Waals surface area contributed by atoms with E-state index in [0.29, 0.717) is 16.4 Å². The molecule has 0 radical (unpaired) electrons. The van der Waals surface area contributed by atoms with Crippen molar-refractivity contribution in [3.05, 3.63) is 66.7 Å². The summed E-state index contributed by atoms with van der Waals surface area (Å²) in [5, 5.41) is 5.22. The van der Waals surface area contributed by atoms with E-state index < -0.39 is 10.8 Å². The number of unbranched alkanes of at least 4 members (excludes halogenated alkanes) is 1. The molecule has 6 heteroatoms. The Hall–Kier alpha value is -2.99. The van der Waals surface area contributed by atoms with Crippen LogP contribution in [0.4, 0.5) is 0 Å². The number of fused-ring (bicyclic) bond motifs is 1. The lowest BCUT2D eigenvalue weighted by Gasteiger charge is -2.09. The topological polar surface area (TPSA) is 56.5 Å². The predicted octanol–water partition coefficient (Wildman–Crippen LogP) is 5.62. The van der Waals surface area contributed by atoms with Crippen LogP contribution in [0.15, 0.2) is 71.8 Å². The van der Waals surface area contributed by atoms with E-state index >= 15 is 0 Å². The Morgan fingerprint density at radius 3 is 2.40 bits per heavy atom. The molecule has 0 saturated carbocycles. The van der Waals surface area contributed by atoms with E-state index in [2.05, 4.69) is 12.0 Å². The van der Waals surface area contributed by atoms with Gasteiger partial charge in [0.25, 0.3) is 0 Å². The zero-order valence-corrected chi connectivity index (χ0v) is 17.4. The highest BCUT2D eigenvalue weighted by Crippen LogP contribution is 2.28. The second-order valence-corrected chi connectivity index (χ2v) is 8.29. The summed E-state index contributed by atoms with van der Waals surface area (Å²) < 4.78 is 19.7. The molecular formula is C24H27N3O2S. The number of nitrogens with zero attached hydrogens (tertiary/aromatic N) is 3. The molecule has 2 aromatic heterocycles. The summed E-state index contributed by atoms with van der Waals surface area (Å²) in [5.74, 6) is 1.42. The fourth-order valence-corrected chi connectivity index (χ4v) is 4.34. The van der Waals surface area contributed by atoms with E-state index in [9.17, 15) is 4.21 Å². The van der Waals surface area contributed by atoms with Gasteiger partial charge in [-0.1, -0.05) is 51.1 Å². The van der Waals surface area contributed by atoms with Crippen LogP contribution in [0.2, 0.25) is 0 Å². The van der Waals surface area contributed by atoms with Crippen molar-refractivity contribution < 1.29 is 8.95 Å². The summed E-state index contributed by atoms with van der Waals surface area (Å²) >= 11 is 0. The van der Waals surface area contributed by atoms with Crippen LogP contribution in [0.3, 0.4) is 0 Å². The van der Waals surface area contributed by atoms with Gasteiger partial charge in [-0.2, -0.15) is 5.10 Å². The summed E-state index contributed by atoms with van der Waals surface area (Å²) in [5.41, 5.74) is 4.46. The number of methoxy groups -OCH3 is 1. The number of hydrogen-bond donors (Lipinski definition) is 0. The van der Waals surface area contributed by atoms with Gasteiger partial charge in [0, 0.05) is 22.9 Å². The van der Waals surface area contributed by atoms with Crippen LogP contribution >= 0.6 is 0 Å². The van der Waals surface area contributed by atoms with Crippen molar-refractivity contribution in [3.8, 4) is 28.3 Å². The van der Waals surface area contributed by atoms with Crippen LogP contribution in [0.25, 0.3) is 28.2 Å². The van der Waals surface area contributed by atoms with Crippen LogP contribution in [-0.2, 0) is 10.8 Å². The molecule has 0 bridgehead atoms. The molecule has 4 aromatic rings. The largest absolute Gasteiger partial charge is 0.497 e. The lowest BCUT2D eigenvalue weighted by molar-refractivity contribution is 0.415. The van der Waals surface area contributed by atoms with Gasteiger partial charge in [-0.15, -0.1) is 0 Å². The SMILES string of the molecule is C.CCCCS(=O)c1cc2nc(-c3ccc(OC)cc3)cc(-c3ccccc3)n2n1. The van der Waals surface area contributed by atoms with Crippen LogP contribution in [0.5, 0.6) is 5.75 Å².